The van der Waals surface area contributed by atoms with Crippen LogP contribution < -0.4 is 11.1 Å². The predicted molar refractivity (Wildman–Crippen MR) is 77.0 cm³/mol. The van der Waals surface area contributed by atoms with Gasteiger partial charge in [-0.1, -0.05) is 6.07 Å². The van der Waals surface area contributed by atoms with E-state index in [0.717, 1.165) is 11.5 Å². The van der Waals surface area contributed by atoms with Gasteiger partial charge in [0.1, 0.15) is 0 Å². The van der Waals surface area contributed by atoms with Gasteiger partial charge in [-0.25, -0.2) is 0 Å². The van der Waals surface area contributed by atoms with Gasteiger partial charge in [-0.05, 0) is 39.3 Å². The fourth-order valence-electron chi connectivity index (χ4n) is 1.97. The molecule has 1 unspecified atom stereocenters. The quantitative estimate of drug-likeness (QED) is 0.864. The third-order valence-corrected chi connectivity index (χ3v) is 3.10. The third kappa shape index (κ3) is 3.54. The number of carbonyl (C=O) groups is 1. The van der Waals surface area contributed by atoms with Crippen LogP contribution in [-0.4, -0.2) is 26.0 Å². The highest BCUT2D eigenvalue weighted by Crippen LogP contribution is 2.13. The molecule has 0 fully saturated rings. The van der Waals surface area contributed by atoms with Crippen LogP contribution in [0.25, 0.3) is 5.65 Å². The molecule has 1 atom stereocenters. The van der Waals surface area contributed by atoms with Gasteiger partial charge in [0.05, 0.1) is 6.04 Å². The van der Waals surface area contributed by atoms with Crippen LogP contribution in [0.5, 0.6) is 0 Å². The molecule has 2 aromatic heterocycles. The number of amides is 1. The molecule has 0 aliphatic carbocycles. The van der Waals surface area contributed by atoms with Gasteiger partial charge >= 0.3 is 0 Å². The van der Waals surface area contributed by atoms with Crippen LogP contribution in [0.1, 0.15) is 45.5 Å². The predicted octanol–water partition coefficient (Wildman–Crippen LogP) is 1.42. The van der Waals surface area contributed by atoms with E-state index in [4.69, 9.17) is 5.73 Å². The minimum absolute atomic E-state index is 0.0243. The lowest BCUT2D eigenvalue weighted by molar-refractivity contribution is -0.122. The number of nitrogens with zero attached hydrogens (tertiary/aromatic N) is 3. The summed E-state index contributed by atoms with van der Waals surface area (Å²) in [6.07, 6.45) is 2.94. The fourth-order valence-corrected chi connectivity index (χ4v) is 1.97. The Bertz CT molecular complexity index is 599. The Morgan fingerprint density at radius 3 is 2.90 bits per heavy atom. The van der Waals surface area contributed by atoms with Gasteiger partial charge in [-0.15, -0.1) is 10.2 Å². The SMILES string of the molecule is CC(NC(=O)CCC(C)(C)N)c1nnc2ccccn12. The Kier molecular flexibility index (Phi) is 4.04. The van der Waals surface area contributed by atoms with E-state index in [9.17, 15) is 4.79 Å². The topological polar surface area (TPSA) is 85.3 Å². The molecule has 108 valence electrons. The van der Waals surface area contributed by atoms with Crippen molar-refractivity contribution < 1.29 is 4.79 Å². The first-order chi connectivity index (χ1) is 9.37. The van der Waals surface area contributed by atoms with Gasteiger partial charge in [0, 0.05) is 18.2 Å². The Balaban J connectivity index is 2.01. The van der Waals surface area contributed by atoms with Gasteiger partial charge in [0.25, 0.3) is 0 Å². The second kappa shape index (κ2) is 5.58. The molecular weight excluding hydrogens is 254 g/mol. The van der Waals surface area contributed by atoms with Crippen molar-refractivity contribution in [1.82, 2.24) is 19.9 Å². The van der Waals surface area contributed by atoms with Gasteiger partial charge in [0.15, 0.2) is 11.5 Å². The molecule has 2 rings (SSSR count). The van der Waals surface area contributed by atoms with Gasteiger partial charge in [-0.2, -0.15) is 0 Å². The van der Waals surface area contributed by atoms with Crippen molar-refractivity contribution in [2.24, 2.45) is 5.73 Å². The maximum Gasteiger partial charge on any atom is 0.220 e. The van der Waals surface area contributed by atoms with Gasteiger partial charge in [0.2, 0.25) is 5.91 Å². The van der Waals surface area contributed by atoms with Crippen LogP contribution in [0.3, 0.4) is 0 Å². The van der Waals surface area contributed by atoms with E-state index in [-0.39, 0.29) is 17.5 Å². The number of nitrogens with two attached hydrogens (primary N) is 1. The summed E-state index contributed by atoms with van der Waals surface area (Å²) in [6.45, 7) is 5.72. The summed E-state index contributed by atoms with van der Waals surface area (Å²) in [5, 5.41) is 11.1. The van der Waals surface area contributed by atoms with Crippen LogP contribution >= 0.6 is 0 Å². The molecule has 6 heteroatoms. The number of rotatable bonds is 5. The lowest BCUT2D eigenvalue weighted by atomic mass is 10.00. The van der Waals surface area contributed by atoms with E-state index in [1.54, 1.807) is 0 Å². The molecule has 0 radical (unpaired) electrons. The Morgan fingerprint density at radius 1 is 1.45 bits per heavy atom. The molecular formula is C14H21N5O. The summed E-state index contributed by atoms with van der Waals surface area (Å²) < 4.78 is 1.87. The Labute approximate surface area is 118 Å². The van der Waals surface area contributed by atoms with Gasteiger partial charge in [-0.3, -0.25) is 9.20 Å². The van der Waals surface area contributed by atoms with Crippen molar-refractivity contribution >= 4 is 11.6 Å². The second-order valence-corrected chi connectivity index (χ2v) is 5.76. The number of hydrogen-bond acceptors (Lipinski definition) is 4. The van der Waals surface area contributed by atoms with Crippen molar-refractivity contribution in [1.29, 1.82) is 0 Å². The van der Waals surface area contributed by atoms with Crippen molar-refractivity contribution in [3.63, 3.8) is 0 Å². The summed E-state index contributed by atoms with van der Waals surface area (Å²) in [6, 6.07) is 5.49. The number of aromatic nitrogens is 3. The van der Waals surface area contributed by atoms with Crippen molar-refractivity contribution in [2.45, 2.75) is 45.2 Å². The molecule has 3 N–H and O–H groups in total. The maximum atomic E-state index is 11.9. The zero-order valence-corrected chi connectivity index (χ0v) is 12.1. The highest BCUT2D eigenvalue weighted by Gasteiger charge is 2.17. The molecule has 20 heavy (non-hydrogen) atoms. The molecule has 0 spiro atoms. The number of hydrogen-bond donors (Lipinski definition) is 2. The summed E-state index contributed by atoms with van der Waals surface area (Å²) in [5.41, 5.74) is 6.32. The van der Waals surface area contributed by atoms with Crippen LogP contribution in [0.2, 0.25) is 0 Å². The largest absolute Gasteiger partial charge is 0.346 e. The smallest absolute Gasteiger partial charge is 0.220 e. The van der Waals surface area contributed by atoms with E-state index in [0.29, 0.717) is 12.8 Å². The standard InChI is InChI=1S/C14H21N5O/c1-10(16-12(20)7-8-14(2,3)15)13-18-17-11-6-4-5-9-19(11)13/h4-6,9-10H,7-8,15H2,1-3H3,(H,16,20). The Morgan fingerprint density at radius 2 is 2.20 bits per heavy atom. The molecule has 0 aliphatic rings. The van der Waals surface area contributed by atoms with Crippen molar-refractivity contribution in [2.75, 3.05) is 0 Å². The first-order valence-electron chi connectivity index (χ1n) is 6.75. The number of nitrogens with one attached hydrogen (secondary N) is 1. The van der Waals surface area contributed by atoms with Crippen LogP contribution in [0.15, 0.2) is 24.4 Å². The molecule has 6 nitrogen and oxygen atoms in total. The maximum absolute atomic E-state index is 11.9. The van der Waals surface area contributed by atoms with Gasteiger partial charge < -0.3 is 11.1 Å². The number of carbonyl (C=O) groups excluding carboxylic acids is 1. The second-order valence-electron chi connectivity index (χ2n) is 5.76. The van der Waals surface area contributed by atoms with Crippen molar-refractivity contribution in [3.05, 3.63) is 30.2 Å². The molecule has 0 bridgehead atoms. The molecule has 0 saturated heterocycles. The summed E-state index contributed by atoms with van der Waals surface area (Å²) in [4.78, 5) is 11.9. The minimum atomic E-state index is -0.331. The van der Waals surface area contributed by atoms with Crippen LogP contribution in [0.4, 0.5) is 0 Å². The lowest BCUT2D eigenvalue weighted by Gasteiger charge is -2.18. The molecule has 2 aromatic rings. The van der Waals surface area contributed by atoms with E-state index < -0.39 is 0 Å². The summed E-state index contributed by atoms with van der Waals surface area (Å²) in [7, 11) is 0. The molecule has 0 aromatic carbocycles. The zero-order chi connectivity index (χ0) is 14.8. The summed E-state index contributed by atoms with van der Waals surface area (Å²) in [5.74, 6) is 0.699. The fraction of sp³-hybridized carbons (Fsp3) is 0.500. The average Bonchev–Trinajstić information content (AvgIpc) is 2.79. The monoisotopic (exact) mass is 275 g/mol. The Hall–Kier alpha value is -1.95. The zero-order valence-electron chi connectivity index (χ0n) is 12.1. The van der Waals surface area contributed by atoms with Crippen LogP contribution in [0, 0.1) is 0 Å². The molecule has 0 aliphatic heterocycles. The molecule has 1 amide bonds. The number of pyridine rings is 1. The van der Waals surface area contributed by atoms with Crippen LogP contribution in [-0.2, 0) is 4.79 Å². The highest BCUT2D eigenvalue weighted by atomic mass is 16.1. The molecule has 2 heterocycles. The van der Waals surface area contributed by atoms with E-state index in [2.05, 4.69) is 15.5 Å². The minimum Gasteiger partial charge on any atom is -0.346 e. The summed E-state index contributed by atoms with van der Waals surface area (Å²) >= 11 is 0. The highest BCUT2D eigenvalue weighted by molar-refractivity contribution is 5.76. The first-order valence-corrected chi connectivity index (χ1v) is 6.75. The van der Waals surface area contributed by atoms with Crippen molar-refractivity contribution in [3.8, 4) is 0 Å². The lowest BCUT2D eigenvalue weighted by Crippen LogP contribution is -2.35. The first kappa shape index (κ1) is 14.5. The van der Waals surface area contributed by atoms with E-state index >= 15 is 0 Å². The normalized spacial score (nSPS) is 13.4. The average molecular weight is 275 g/mol. The van der Waals surface area contributed by atoms with E-state index in [1.165, 1.54) is 0 Å². The molecule has 0 saturated carbocycles. The number of fused-ring (bicyclic) bond motifs is 1. The van der Waals surface area contributed by atoms with E-state index in [1.807, 2.05) is 49.6 Å². The third-order valence-electron chi connectivity index (χ3n) is 3.10.